The van der Waals surface area contributed by atoms with Crippen LogP contribution >= 0.6 is 0 Å². The Balaban J connectivity index is 1.96. The molecule has 0 aliphatic heterocycles. The molecule has 0 radical (unpaired) electrons. The molecule has 0 bridgehead atoms. The van der Waals surface area contributed by atoms with Crippen LogP contribution in [-0.4, -0.2) is 39.8 Å². The fraction of sp³-hybridized carbons (Fsp3) is 0.286. The maximum atomic E-state index is 9.65. The highest BCUT2D eigenvalue weighted by atomic mass is 16.5. The fourth-order valence-electron chi connectivity index (χ4n) is 2.66. The van der Waals surface area contributed by atoms with Crippen LogP contribution in [0.15, 0.2) is 54.7 Å². The van der Waals surface area contributed by atoms with Crippen LogP contribution < -0.4 is 15.4 Å². The minimum atomic E-state index is -0.149. The SMILES string of the molecule is COc1cccc(Nc2cc(-c3ccccn3)nc(N[C@@H](CO)C(C)C)n2)c1. The van der Waals surface area contributed by atoms with Crippen LogP contribution in [0.1, 0.15) is 13.8 Å². The maximum Gasteiger partial charge on any atom is 0.225 e. The van der Waals surface area contributed by atoms with Crippen molar-refractivity contribution in [3.05, 3.63) is 54.7 Å². The van der Waals surface area contributed by atoms with Crippen molar-refractivity contribution in [3.8, 4) is 17.1 Å². The Bertz CT molecular complexity index is 902. The van der Waals surface area contributed by atoms with Crippen LogP contribution in [0.5, 0.6) is 5.75 Å². The highest BCUT2D eigenvalue weighted by molar-refractivity contribution is 5.66. The molecule has 0 saturated carbocycles. The second-order valence-electron chi connectivity index (χ2n) is 6.71. The number of nitrogens with zero attached hydrogens (tertiary/aromatic N) is 3. The summed E-state index contributed by atoms with van der Waals surface area (Å²) in [6, 6.07) is 15.0. The minimum absolute atomic E-state index is 0.00646. The summed E-state index contributed by atoms with van der Waals surface area (Å²) in [5.74, 6) is 2.03. The number of rotatable bonds is 8. The second-order valence-corrected chi connectivity index (χ2v) is 6.71. The van der Waals surface area contributed by atoms with Crippen molar-refractivity contribution in [1.82, 2.24) is 15.0 Å². The van der Waals surface area contributed by atoms with E-state index < -0.39 is 0 Å². The van der Waals surface area contributed by atoms with Gasteiger partial charge in [-0.25, -0.2) is 4.98 Å². The van der Waals surface area contributed by atoms with E-state index in [9.17, 15) is 5.11 Å². The number of benzene rings is 1. The Hall–Kier alpha value is -3.19. The molecule has 0 unspecified atom stereocenters. The molecule has 3 aromatic rings. The third-order valence-corrected chi connectivity index (χ3v) is 4.31. The van der Waals surface area contributed by atoms with Crippen LogP contribution in [0.4, 0.5) is 17.5 Å². The molecule has 7 nitrogen and oxygen atoms in total. The van der Waals surface area contributed by atoms with E-state index >= 15 is 0 Å². The van der Waals surface area contributed by atoms with Crippen molar-refractivity contribution in [2.45, 2.75) is 19.9 Å². The van der Waals surface area contributed by atoms with Crippen LogP contribution in [0, 0.1) is 5.92 Å². The Labute approximate surface area is 164 Å². The van der Waals surface area contributed by atoms with Gasteiger partial charge in [-0.2, -0.15) is 4.98 Å². The molecule has 2 heterocycles. The lowest BCUT2D eigenvalue weighted by Gasteiger charge is -2.20. The first kappa shape index (κ1) is 19.6. The van der Waals surface area contributed by atoms with Gasteiger partial charge in [0.2, 0.25) is 5.95 Å². The molecule has 0 aliphatic carbocycles. The Kier molecular flexibility index (Phi) is 6.39. The number of hydrogen-bond acceptors (Lipinski definition) is 7. The zero-order chi connectivity index (χ0) is 19.9. The number of hydrogen-bond donors (Lipinski definition) is 3. The summed E-state index contributed by atoms with van der Waals surface area (Å²) in [5, 5.41) is 16.2. The molecule has 146 valence electrons. The summed E-state index contributed by atoms with van der Waals surface area (Å²) < 4.78 is 5.28. The van der Waals surface area contributed by atoms with Gasteiger partial charge in [-0.3, -0.25) is 4.98 Å². The molecule has 3 N–H and O–H groups in total. The molecule has 0 aliphatic rings. The molecule has 0 amide bonds. The van der Waals surface area contributed by atoms with Gasteiger partial charge in [0, 0.05) is 24.0 Å². The fourth-order valence-corrected chi connectivity index (χ4v) is 2.66. The molecule has 1 aromatic carbocycles. The van der Waals surface area contributed by atoms with Crippen molar-refractivity contribution in [3.63, 3.8) is 0 Å². The van der Waals surface area contributed by atoms with Crippen molar-refractivity contribution in [2.75, 3.05) is 24.4 Å². The van der Waals surface area contributed by atoms with Crippen LogP contribution in [-0.2, 0) is 0 Å². The largest absolute Gasteiger partial charge is 0.497 e. The first-order valence-electron chi connectivity index (χ1n) is 9.18. The van der Waals surface area contributed by atoms with Gasteiger partial charge in [-0.05, 0) is 30.2 Å². The van der Waals surface area contributed by atoms with E-state index in [4.69, 9.17) is 4.74 Å². The molecule has 0 fully saturated rings. The van der Waals surface area contributed by atoms with E-state index in [-0.39, 0.29) is 18.6 Å². The van der Waals surface area contributed by atoms with Crippen molar-refractivity contribution < 1.29 is 9.84 Å². The summed E-state index contributed by atoms with van der Waals surface area (Å²) in [5.41, 5.74) is 2.27. The molecule has 3 rings (SSSR count). The minimum Gasteiger partial charge on any atom is -0.497 e. The Morgan fingerprint density at radius 1 is 1.04 bits per heavy atom. The molecule has 0 saturated heterocycles. The van der Waals surface area contributed by atoms with Gasteiger partial charge in [-0.1, -0.05) is 26.0 Å². The molecular formula is C21H25N5O2. The molecule has 2 aromatic heterocycles. The lowest BCUT2D eigenvalue weighted by atomic mass is 10.1. The number of aliphatic hydroxyl groups is 1. The number of aromatic nitrogens is 3. The summed E-state index contributed by atoms with van der Waals surface area (Å²) in [6.07, 6.45) is 1.73. The molecule has 1 atom stereocenters. The number of aliphatic hydroxyl groups excluding tert-OH is 1. The maximum absolute atomic E-state index is 9.65. The van der Waals surface area contributed by atoms with E-state index in [1.54, 1.807) is 13.3 Å². The van der Waals surface area contributed by atoms with Crippen LogP contribution in [0.2, 0.25) is 0 Å². The summed E-state index contributed by atoms with van der Waals surface area (Å²) in [7, 11) is 1.63. The van der Waals surface area contributed by atoms with Gasteiger partial charge in [0.25, 0.3) is 0 Å². The van der Waals surface area contributed by atoms with Gasteiger partial charge < -0.3 is 20.5 Å². The van der Waals surface area contributed by atoms with Crippen LogP contribution in [0.25, 0.3) is 11.4 Å². The molecule has 28 heavy (non-hydrogen) atoms. The van der Waals surface area contributed by atoms with E-state index in [1.807, 2.05) is 62.4 Å². The Morgan fingerprint density at radius 3 is 2.57 bits per heavy atom. The molecular weight excluding hydrogens is 354 g/mol. The van der Waals surface area contributed by atoms with Crippen LogP contribution in [0.3, 0.4) is 0 Å². The lowest BCUT2D eigenvalue weighted by Crippen LogP contribution is -2.30. The average Bonchev–Trinajstić information content (AvgIpc) is 2.72. The zero-order valence-corrected chi connectivity index (χ0v) is 16.3. The lowest BCUT2D eigenvalue weighted by molar-refractivity contribution is 0.248. The third kappa shape index (κ3) is 4.95. The number of ether oxygens (including phenoxy) is 1. The number of methoxy groups -OCH3 is 1. The summed E-state index contributed by atoms with van der Waals surface area (Å²) in [6.45, 7) is 4.06. The number of pyridine rings is 1. The monoisotopic (exact) mass is 379 g/mol. The highest BCUT2D eigenvalue weighted by Crippen LogP contribution is 2.25. The van der Waals surface area contributed by atoms with Crippen molar-refractivity contribution in [2.24, 2.45) is 5.92 Å². The summed E-state index contributed by atoms with van der Waals surface area (Å²) >= 11 is 0. The van der Waals surface area contributed by atoms with E-state index in [2.05, 4.69) is 25.6 Å². The number of nitrogens with one attached hydrogen (secondary N) is 2. The van der Waals surface area contributed by atoms with E-state index in [1.165, 1.54) is 0 Å². The van der Waals surface area contributed by atoms with Gasteiger partial charge in [-0.15, -0.1) is 0 Å². The standard InChI is InChI=1S/C21H25N5O2/c1-14(2)19(13-27)25-21-24-18(17-9-4-5-10-22-17)12-20(26-21)23-15-7-6-8-16(11-15)28-3/h4-12,14,19,27H,13H2,1-3H3,(H2,23,24,25,26)/t19-/m0/s1. The van der Waals surface area contributed by atoms with E-state index in [0.29, 0.717) is 17.5 Å². The smallest absolute Gasteiger partial charge is 0.225 e. The van der Waals surface area contributed by atoms with Crippen molar-refractivity contribution >= 4 is 17.5 Å². The molecule has 0 spiro atoms. The third-order valence-electron chi connectivity index (χ3n) is 4.31. The van der Waals surface area contributed by atoms with E-state index in [0.717, 1.165) is 17.1 Å². The van der Waals surface area contributed by atoms with Gasteiger partial charge in [0.15, 0.2) is 0 Å². The predicted octanol–water partition coefficient (Wildman–Crippen LogP) is 3.72. The van der Waals surface area contributed by atoms with Gasteiger partial charge in [0.05, 0.1) is 31.1 Å². The predicted molar refractivity (Wildman–Crippen MR) is 111 cm³/mol. The zero-order valence-electron chi connectivity index (χ0n) is 16.3. The first-order valence-corrected chi connectivity index (χ1v) is 9.18. The van der Waals surface area contributed by atoms with Gasteiger partial charge >= 0.3 is 0 Å². The second kappa shape index (κ2) is 9.14. The van der Waals surface area contributed by atoms with Crippen molar-refractivity contribution in [1.29, 1.82) is 0 Å². The Morgan fingerprint density at radius 2 is 1.89 bits per heavy atom. The molecule has 7 heteroatoms. The highest BCUT2D eigenvalue weighted by Gasteiger charge is 2.15. The summed E-state index contributed by atoms with van der Waals surface area (Å²) in [4.78, 5) is 13.5. The first-order chi connectivity index (χ1) is 13.6. The normalized spacial score (nSPS) is 11.9. The average molecular weight is 379 g/mol. The number of anilines is 3. The van der Waals surface area contributed by atoms with Gasteiger partial charge in [0.1, 0.15) is 11.6 Å². The topological polar surface area (TPSA) is 92.2 Å². The quantitative estimate of drug-likeness (QED) is 0.549.